The normalized spacial score (nSPS) is 18.9. The fourth-order valence-corrected chi connectivity index (χ4v) is 5.90. The predicted molar refractivity (Wildman–Crippen MR) is 213 cm³/mol. The van der Waals surface area contributed by atoms with E-state index < -0.39 is 0 Å². The fraction of sp³-hybridized carbons (Fsp3) is 0.476. The molecule has 0 saturated heterocycles. The van der Waals surface area contributed by atoms with Crippen molar-refractivity contribution in [2.75, 3.05) is 143 Å². The summed E-state index contributed by atoms with van der Waals surface area (Å²) < 4.78 is 68.6. The van der Waals surface area contributed by atoms with Crippen LogP contribution in [0.2, 0.25) is 0 Å². The highest BCUT2D eigenvalue weighted by atomic mass is 16.6. The van der Waals surface area contributed by atoms with Crippen LogP contribution in [0, 0.1) is 0 Å². The van der Waals surface area contributed by atoms with Gasteiger partial charge in [-0.25, -0.2) is 0 Å². The number of ketones is 1. The highest BCUT2D eigenvalue weighted by Crippen LogP contribution is 2.35. The second-order valence-corrected chi connectivity index (χ2v) is 12.9. The Kier molecular flexibility index (Phi) is 17.9. The zero-order valence-corrected chi connectivity index (χ0v) is 32.6. The molecule has 0 saturated carbocycles. The van der Waals surface area contributed by atoms with Gasteiger partial charge in [0, 0.05) is 52.5 Å². The third-order valence-corrected chi connectivity index (χ3v) is 8.63. The number of hydrogen-bond donors (Lipinski definition) is 2. The lowest BCUT2D eigenvalue weighted by atomic mass is 10.1. The van der Waals surface area contributed by atoms with E-state index in [1.807, 2.05) is 6.07 Å². The third-order valence-electron chi connectivity index (χ3n) is 8.63. The molecule has 0 unspecified atom stereocenters. The Balaban J connectivity index is 1.13. The lowest BCUT2D eigenvalue weighted by Crippen LogP contribution is -2.16. The minimum absolute atomic E-state index is 0.253. The molecule has 16 nitrogen and oxygen atoms in total. The van der Waals surface area contributed by atoms with Crippen molar-refractivity contribution >= 4 is 28.5 Å². The number of fused-ring (bicyclic) bond motifs is 3. The molecule has 6 rings (SSSR count). The molecule has 0 spiro atoms. The van der Waals surface area contributed by atoms with Crippen molar-refractivity contribution in [3.05, 3.63) is 82.0 Å². The fourth-order valence-electron chi connectivity index (χ4n) is 5.90. The van der Waals surface area contributed by atoms with Gasteiger partial charge < -0.3 is 67.5 Å². The summed E-state index contributed by atoms with van der Waals surface area (Å²) in [4.78, 5) is 26.7. The smallest absolute Gasteiger partial charge is 0.188 e. The van der Waals surface area contributed by atoms with Gasteiger partial charge in [0.2, 0.25) is 0 Å². The summed E-state index contributed by atoms with van der Waals surface area (Å²) in [5, 5.41) is 6.56. The molecule has 2 N–H and O–H groups in total. The number of ether oxygens (including phenoxy) is 12. The molecule has 58 heavy (non-hydrogen) atoms. The van der Waals surface area contributed by atoms with E-state index in [1.165, 1.54) is 18.2 Å². The molecule has 0 fully saturated rings. The SMILES string of the molecule is O=C1C=C(Nc2ccc3c(c2)OCCOCCOCCOCCOCCO3)c2cc(=O)cc(Nc3ccc4c(c3)OCCOCCOCCOCCOCCO4)cc21. The third kappa shape index (κ3) is 14.2. The maximum absolute atomic E-state index is 13.4. The maximum atomic E-state index is 13.4. The highest BCUT2D eigenvalue weighted by molar-refractivity contribution is 6.18. The lowest BCUT2D eigenvalue weighted by Gasteiger charge is -2.16. The summed E-state index contributed by atoms with van der Waals surface area (Å²) in [5.74, 6) is 1.74. The molecule has 3 aromatic rings. The average molecular weight is 809 g/mol. The van der Waals surface area contributed by atoms with Gasteiger partial charge in [-0.2, -0.15) is 0 Å². The summed E-state index contributed by atoms with van der Waals surface area (Å²) in [6.07, 6.45) is 1.47. The Morgan fingerprint density at radius 1 is 0.345 bits per heavy atom. The Labute approximate surface area is 337 Å². The molecule has 3 aromatic carbocycles. The molecular weight excluding hydrogens is 756 g/mol. The number of rotatable bonds is 4. The van der Waals surface area contributed by atoms with Crippen LogP contribution in [0.15, 0.2) is 65.5 Å². The van der Waals surface area contributed by atoms with Crippen LogP contribution in [0.4, 0.5) is 17.1 Å². The molecule has 314 valence electrons. The molecule has 2 heterocycles. The zero-order valence-electron chi connectivity index (χ0n) is 32.6. The van der Waals surface area contributed by atoms with E-state index in [4.69, 9.17) is 56.8 Å². The van der Waals surface area contributed by atoms with E-state index in [-0.39, 0.29) is 24.4 Å². The Morgan fingerprint density at radius 2 is 0.724 bits per heavy atom. The minimum atomic E-state index is -0.299. The Bertz CT molecular complexity index is 1840. The topological polar surface area (TPSA) is 169 Å². The maximum Gasteiger partial charge on any atom is 0.188 e. The second kappa shape index (κ2) is 24.2. The molecule has 0 amide bonds. The Morgan fingerprint density at radius 3 is 1.16 bits per heavy atom. The second-order valence-electron chi connectivity index (χ2n) is 12.9. The monoisotopic (exact) mass is 808 g/mol. The summed E-state index contributed by atoms with van der Waals surface area (Å²) in [6.45, 7) is 8.05. The van der Waals surface area contributed by atoms with Gasteiger partial charge in [-0.15, -0.1) is 0 Å². The van der Waals surface area contributed by atoms with Crippen LogP contribution in [-0.4, -0.2) is 138 Å². The van der Waals surface area contributed by atoms with Crippen LogP contribution in [0.25, 0.3) is 5.70 Å². The summed E-state index contributed by atoms with van der Waals surface area (Å²) in [5.41, 5.74) is 2.66. The summed E-state index contributed by atoms with van der Waals surface area (Å²) >= 11 is 0. The molecular formula is C42H52N2O14. The predicted octanol–water partition coefficient (Wildman–Crippen LogP) is 4.11. The molecule has 0 radical (unpaired) electrons. The van der Waals surface area contributed by atoms with Gasteiger partial charge >= 0.3 is 0 Å². The Hall–Kier alpha value is -4.78. The minimum Gasteiger partial charge on any atom is -0.487 e. The van der Waals surface area contributed by atoms with Gasteiger partial charge in [-0.05, 0) is 36.4 Å². The van der Waals surface area contributed by atoms with Crippen molar-refractivity contribution in [2.45, 2.75) is 0 Å². The molecule has 0 bridgehead atoms. The largest absolute Gasteiger partial charge is 0.487 e. The number of nitrogens with one attached hydrogen (secondary N) is 2. The zero-order chi connectivity index (χ0) is 40.0. The van der Waals surface area contributed by atoms with Crippen molar-refractivity contribution in [1.82, 2.24) is 0 Å². The van der Waals surface area contributed by atoms with E-state index in [0.717, 1.165) is 0 Å². The van der Waals surface area contributed by atoms with E-state index in [2.05, 4.69) is 10.6 Å². The van der Waals surface area contributed by atoms with Crippen LogP contribution in [-0.2, 0) is 37.9 Å². The van der Waals surface area contributed by atoms with E-state index in [0.29, 0.717) is 176 Å². The van der Waals surface area contributed by atoms with Crippen molar-refractivity contribution < 1.29 is 61.6 Å². The first kappa shape index (κ1) is 42.8. The van der Waals surface area contributed by atoms with Gasteiger partial charge in [0.05, 0.1) is 111 Å². The van der Waals surface area contributed by atoms with Gasteiger partial charge in [0.1, 0.15) is 26.4 Å². The number of carbonyl (C=O) groups excluding carboxylic acids is 1. The summed E-state index contributed by atoms with van der Waals surface area (Å²) in [7, 11) is 0. The first-order chi connectivity index (χ1) is 28.6. The number of carbonyl (C=O) groups is 1. The molecule has 3 aliphatic rings. The van der Waals surface area contributed by atoms with Crippen molar-refractivity contribution in [3.8, 4) is 23.0 Å². The molecule has 1 aliphatic carbocycles. The van der Waals surface area contributed by atoms with Crippen molar-refractivity contribution in [3.63, 3.8) is 0 Å². The van der Waals surface area contributed by atoms with E-state index in [1.54, 1.807) is 36.4 Å². The van der Waals surface area contributed by atoms with Gasteiger partial charge in [-0.3, -0.25) is 9.59 Å². The van der Waals surface area contributed by atoms with Crippen LogP contribution in [0.5, 0.6) is 23.0 Å². The van der Waals surface area contributed by atoms with E-state index >= 15 is 0 Å². The standard InChI is InChI=1S/C42H52N2O14/c45-34-25-33(43-31-1-3-39-41(27-31)57-23-19-53-15-11-49-7-5-47-9-13-51-17-21-55-39)26-36-35(29-34)37(30-38(36)46)44-32-2-4-40-42(28-32)58-24-20-54-16-12-50-8-6-48-10-14-52-18-22-56-40/h1-4,25-30,43-44H,5-24H2. The van der Waals surface area contributed by atoms with Crippen LogP contribution in [0.1, 0.15) is 15.9 Å². The highest BCUT2D eigenvalue weighted by Gasteiger charge is 2.23. The summed E-state index contributed by atoms with van der Waals surface area (Å²) in [6, 6.07) is 15.3. The lowest BCUT2D eigenvalue weighted by molar-refractivity contribution is -0.00841. The quantitative estimate of drug-likeness (QED) is 0.386. The van der Waals surface area contributed by atoms with Gasteiger partial charge in [0.15, 0.2) is 34.2 Å². The number of anilines is 3. The van der Waals surface area contributed by atoms with Gasteiger partial charge in [0.25, 0.3) is 0 Å². The average Bonchev–Trinajstić information content (AvgIpc) is 3.37. The van der Waals surface area contributed by atoms with E-state index in [9.17, 15) is 9.59 Å². The van der Waals surface area contributed by atoms with Crippen LogP contribution < -0.4 is 35.0 Å². The first-order valence-electron chi connectivity index (χ1n) is 19.5. The number of hydrogen-bond acceptors (Lipinski definition) is 16. The van der Waals surface area contributed by atoms with Crippen molar-refractivity contribution in [1.29, 1.82) is 0 Å². The van der Waals surface area contributed by atoms with Crippen LogP contribution in [0.3, 0.4) is 0 Å². The first-order valence-corrected chi connectivity index (χ1v) is 19.5. The van der Waals surface area contributed by atoms with Gasteiger partial charge in [-0.1, -0.05) is 0 Å². The number of allylic oxidation sites excluding steroid dienone is 1. The van der Waals surface area contributed by atoms with Crippen LogP contribution >= 0.6 is 0 Å². The van der Waals surface area contributed by atoms with Crippen molar-refractivity contribution in [2.24, 2.45) is 0 Å². The molecule has 16 heteroatoms. The molecule has 0 aromatic heterocycles. The number of benzene rings is 2. The molecule has 0 atom stereocenters. The molecule has 2 aliphatic heterocycles.